The molecule has 1 aromatic carbocycles. The van der Waals surface area contributed by atoms with E-state index in [1.54, 1.807) is 19.2 Å². The topological polar surface area (TPSA) is 59.4 Å². The van der Waals surface area contributed by atoms with Gasteiger partial charge in [0.1, 0.15) is 11.6 Å². The van der Waals surface area contributed by atoms with E-state index in [9.17, 15) is 4.79 Å². The van der Waals surface area contributed by atoms with Crippen LogP contribution in [0.2, 0.25) is 5.02 Å². The molecule has 7 heteroatoms. The van der Waals surface area contributed by atoms with Crippen LogP contribution in [0.5, 0.6) is 5.75 Å². The molecule has 1 aliphatic heterocycles. The van der Waals surface area contributed by atoms with Crippen LogP contribution in [0.3, 0.4) is 0 Å². The number of nitrogens with zero attached hydrogens (tertiary/aromatic N) is 3. The Labute approximate surface area is 175 Å². The molecule has 1 N–H and O–H groups in total. The molecule has 29 heavy (non-hydrogen) atoms. The number of carbonyl (C=O) groups is 1. The van der Waals surface area contributed by atoms with Crippen LogP contribution in [0.25, 0.3) is 5.69 Å². The largest absolute Gasteiger partial charge is 0.496 e. The van der Waals surface area contributed by atoms with Crippen molar-refractivity contribution >= 4 is 23.3 Å². The van der Waals surface area contributed by atoms with Gasteiger partial charge in [-0.3, -0.25) is 4.79 Å². The standard InChI is InChI=1S/C22H23ClN4O2/c1-29-20-13-19(26-8-2-3-9-26)18(23)12-17(20)22(28)25-15-16-6-7-21(24-14-16)27-10-4-5-11-27/h2-3,6-9,12-14H,4-5,10-11,15H2,1H3,(H,25,28). The van der Waals surface area contributed by atoms with E-state index in [2.05, 4.69) is 15.2 Å². The Morgan fingerprint density at radius 1 is 1.21 bits per heavy atom. The predicted octanol–water partition coefficient (Wildman–Crippen LogP) is 4.06. The average molecular weight is 411 g/mol. The van der Waals surface area contributed by atoms with Crippen LogP contribution in [0.4, 0.5) is 5.82 Å². The fourth-order valence-electron chi connectivity index (χ4n) is 3.51. The molecule has 0 spiro atoms. The highest BCUT2D eigenvalue weighted by molar-refractivity contribution is 6.33. The lowest BCUT2D eigenvalue weighted by Gasteiger charge is -2.16. The van der Waals surface area contributed by atoms with E-state index < -0.39 is 0 Å². The number of rotatable bonds is 6. The van der Waals surface area contributed by atoms with Gasteiger partial charge in [-0.05, 0) is 42.7 Å². The Morgan fingerprint density at radius 3 is 2.62 bits per heavy atom. The molecule has 1 saturated heterocycles. The normalized spacial score (nSPS) is 13.5. The van der Waals surface area contributed by atoms with Crippen LogP contribution in [-0.2, 0) is 6.54 Å². The van der Waals surface area contributed by atoms with Gasteiger partial charge in [-0.1, -0.05) is 17.7 Å². The molecule has 3 aromatic rings. The van der Waals surface area contributed by atoms with E-state index in [0.717, 1.165) is 30.2 Å². The van der Waals surface area contributed by atoms with Crippen LogP contribution >= 0.6 is 11.6 Å². The zero-order valence-corrected chi connectivity index (χ0v) is 17.0. The van der Waals surface area contributed by atoms with Gasteiger partial charge in [0.25, 0.3) is 5.91 Å². The first-order valence-corrected chi connectivity index (χ1v) is 10.0. The minimum absolute atomic E-state index is 0.244. The second-order valence-corrected chi connectivity index (χ2v) is 7.40. The summed E-state index contributed by atoms with van der Waals surface area (Å²) in [4.78, 5) is 19.5. The molecule has 0 aliphatic carbocycles. The van der Waals surface area contributed by atoms with Gasteiger partial charge in [0, 0.05) is 44.3 Å². The molecule has 2 aromatic heterocycles. The summed E-state index contributed by atoms with van der Waals surface area (Å²) in [6.45, 7) is 2.50. The van der Waals surface area contributed by atoms with Crippen molar-refractivity contribution in [2.24, 2.45) is 0 Å². The Morgan fingerprint density at radius 2 is 1.97 bits per heavy atom. The highest BCUT2D eigenvalue weighted by atomic mass is 35.5. The SMILES string of the molecule is COc1cc(-n2cccc2)c(Cl)cc1C(=O)NCc1ccc(N2CCCC2)nc1. The first kappa shape index (κ1) is 19.3. The zero-order valence-electron chi connectivity index (χ0n) is 16.3. The number of methoxy groups -OCH3 is 1. The Kier molecular flexibility index (Phi) is 5.71. The number of hydrogen-bond donors (Lipinski definition) is 1. The van der Waals surface area contributed by atoms with Gasteiger partial charge >= 0.3 is 0 Å². The minimum Gasteiger partial charge on any atom is -0.496 e. The number of hydrogen-bond acceptors (Lipinski definition) is 4. The van der Waals surface area contributed by atoms with E-state index in [4.69, 9.17) is 16.3 Å². The highest BCUT2D eigenvalue weighted by Gasteiger charge is 2.17. The maximum absolute atomic E-state index is 12.7. The lowest BCUT2D eigenvalue weighted by Crippen LogP contribution is -2.24. The second-order valence-electron chi connectivity index (χ2n) is 7.00. The lowest BCUT2D eigenvalue weighted by atomic mass is 10.1. The molecule has 6 nitrogen and oxygen atoms in total. The van der Waals surface area contributed by atoms with Gasteiger partial charge in [0.05, 0.1) is 23.4 Å². The van der Waals surface area contributed by atoms with Gasteiger partial charge in [-0.25, -0.2) is 4.98 Å². The van der Waals surface area contributed by atoms with Crippen LogP contribution < -0.4 is 15.0 Å². The molecule has 0 atom stereocenters. The van der Waals surface area contributed by atoms with Crippen molar-refractivity contribution < 1.29 is 9.53 Å². The van der Waals surface area contributed by atoms with Crippen molar-refractivity contribution in [2.75, 3.05) is 25.1 Å². The second kappa shape index (κ2) is 8.57. The molecule has 4 rings (SSSR count). The van der Waals surface area contributed by atoms with Crippen LogP contribution in [0.15, 0.2) is 55.0 Å². The summed E-state index contributed by atoms with van der Waals surface area (Å²) >= 11 is 6.42. The number of nitrogens with one attached hydrogen (secondary N) is 1. The van der Waals surface area contributed by atoms with E-state index in [1.807, 2.05) is 47.4 Å². The van der Waals surface area contributed by atoms with Crippen molar-refractivity contribution in [1.29, 1.82) is 0 Å². The molecule has 0 saturated carbocycles. The van der Waals surface area contributed by atoms with Gasteiger partial charge in [-0.15, -0.1) is 0 Å². The van der Waals surface area contributed by atoms with Gasteiger partial charge in [0.15, 0.2) is 0 Å². The molecular formula is C22H23ClN4O2. The van der Waals surface area contributed by atoms with Crippen molar-refractivity contribution in [3.63, 3.8) is 0 Å². The number of halogens is 1. The lowest BCUT2D eigenvalue weighted by molar-refractivity contribution is 0.0948. The smallest absolute Gasteiger partial charge is 0.255 e. The number of ether oxygens (including phenoxy) is 1. The first-order valence-electron chi connectivity index (χ1n) is 9.64. The summed E-state index contributed by atoms with van der Waals surface area (Å²) in [5.41, 5.74) is 2.09. The van der Waals surface area contributed by atoms with Crippen LogP contribution in [-0.4, -0.2) is 35.7 Å². The molecule has 1 amide bonds. The number of amides is 1. The summed E-state index contributed by atoms with van der Waals surface area (Å²) in [6, 6.07) is 11.2. The van der Waals surface area contributed by atoms with E-state index in [0.29, 0.717) is 22.9 Å². The molecule has 150 valence electrons. The molecule has 1 fully saturated rings. The third-order valence-electron chi connectivity index (χ3n) is 5.09. The quantitative estimate of drug-likeness (QED) is 0.665. The molecular weight excluding hydrogens is 388 g/mol. The van der Waals surface area contributed by atoms with Gasteiger partial charge in [0.2, 0.25) is 0 Å². The Balaban J connectivity index is 1.46. The number of aromatic nitrogens is 2. The third-order valence-corrected chi connectivity index (χ3v) is 5.39. The molecule has 1 aliphatic rings. The molecule has 0 bridgehead atoms. The van der Waals surface area contributed by atoms with E-state index >= 15 is 0 Å². The summed E-state index contributed by atoms with van der Waals surface area (Å²) in [5, 5.41) is 3.40. The van der Waals surface area contributed by atoms with E-state index in [-0.39, 0.29) is 5.91 Å². The Hall–Kier alpha value is -2.99. The summed E-state index contributed by atoms with van der Waals surface area (Å²) in [7, 11) is 1.54. The predicted molar refractivity (Wildman–Crippen MR) is 114 cm³/mol. The van der Waals surface area contributed by atoms with Gasteiger partial charge in [-0.2, -0.15) is 0 Å². The Bertz CT molecular complexity index is 981. The number of anilines is 1. The minimum atomic E-state index is -0.244. The summed E-state index contributed by atoms with van der Waals surface area (Å²) in [5.74, 6) is 1.22. The van der Waals surface area contributed by atoms with Crippen molar-refractivity contribution in [2.45, 2.75) is 19.4 Å². The number of carbonyl (C=O) groups excluding carboxylic acids is 1. The van der Waals surface area contributed by atoms with Crippen LogP contribution in [0, 0.1) is 0 Å². The maximum atomic E-state index is 12.7. The summed E-state index contributed by atoms with van der Waals surface area (Å²) < 4.78 is 7.31. The zero-order chi connectivity index (χ0) is 20.2. The van der Waals surface area contributed by atoms with E-state index in [1.165, 1.54) is 12.8 Å². The molecule has 0 radical (unpaired) electrons. The summed E-state index contributed by atoms with van der Waals surface area (Å²) in [6.07, 6.45) is 8.02. The number of benzene rings is 1. The third kappa shape index (κ3) is 4.22. The molecule has 3 heterocycles. The van der Waals surface area contributed by atoms with Crippen molar-refractivity contribution in [3.05, 3.63) is 71.1 Å². The number of pyridine rings is 1. The van der Waals surface area contributed by atoms with Crippen molar-refractivity contribution in [1.82, 2.24) is 14.9 Å². The fourth-order valence-corrected chi connectivity index (χ4v) is 3.78. The molecule has 0 unspecified atom stereocenters. The monoisotopic (exact) mass is 410 g/mol. The fraction of sp³-hybridized carbons (Fsp3) is 0.273. The highest BCUT2D eigenvalue weighted by Crippen LogP contribution is 2.30. The maximum Gasteiger partial charge on any atom is 0.255 e. The van der Waals surface area contributed by atoms with Crippen LogP contribution in [0.1, 0.15) is 28.8 Å². The first-order chi connectivity index (χ1) is 14.2. The average Bonchev–Trinajstić information content (AvgIpc) is 3.46. The van der Waals surface area contributed by atoms with Gasteiger partial charge < -0.3 is 19.5 Å². The van der Waals surface area contributed by atoms with Crippen molar-refractivity contribution in [3.8, 4) is 11.4 Å².